The SMILES string of the molecule is CNC(=C/C[C@H]1CC[C@H](N2CCOCC2)CC1)/C(=N\N)c1nc(C(F)(F)F)ccc1F. The minimum Gasteiger partial charge on any atom is -0.387 e. The van der Waals surface area contributed by atoms with Gasteiger partial charge in [0, 0.05) is 26.2 Å². The number of morpholine rings is 1. The predicted molar refractivity (Wildman–Crippen MR) is 110 cm³/mol. The summed E-state index contributed by atoms with van der Waals surface area (Å²) in [7, 11) is 1.60. The van der Waals surface area contributed by atoms with Crippen LogP contribution >= 0.6 is 0 Å². The summed E-state index contributed by atoms with van der Waals surface area (Å²) in [4.78, 5) is 5.93. The number of ether oxygens (including phenoxy) is 1. The fourth-order valence-electron chi connectivity index (χ4n) is 4.31. The Morgan fingerprint density at radius 2 is 1.94 bits per heavy atom. The average Bonchev–Trinajstić information content (AvgIpc) is 2.77. The molecule has 3 N–H and O–H groups in total. The molecular weight excluding hydrogens is 414 g/mol. The van der Waals surface area contributed by atoms with Crippen molar-refractivity contribution in [3.8, 4) is 0 Å². The van der Waals surface area contributed by atoms with E-state index in [1.165, 1.54) is 0 Å². The van der Waals surface area contributed by atoms with Gasteiger partial charge in [0.1, 0.15) is 17.1 Å². The lowest BCUT2D eigenvalue weighted by Gasteiger charge is -2.38. The highest BCUT2D eigenvalue weighted by atomic mass is 19.4. The number of hydrogen-bond acceptors (Lipinski definition) is 6. The molecule has 0 spiro atoms. The van der Waals surface area contributed by atoms with E-state index in [2.05, 4.69) is 20.3 Å². The molecule has 0 aromatic carbocycles. The number of hydrazone groups is 1. The summed E-state index contributed by atoms with van der Waals surface area (Å²) >= 11 is 0. The second kappa shape index (κ2) is 10.4. The van der Waals surface area contributed by atoms with E-state index in [0.717, 1.165) is 58.1 Å². The molecule has 10 heteroatoms. The lowest BCUT2D eigenvalue weighted by molar-refractivity contribution is -0.141. The Morgan fingerprint density at radius 3 is 2.52 bits per heavy atom. The monoisotopic (exact) mass is 443 g/mol. The minimum atomic E-state index is -4.69. The summed E-state index contributed by atoms with van der Waals surface area (Å²) in [5.74, 6) is 4.95. The summed E-state index contributed by atoms with van der Waals surface area (Å²) in [5.41, 5.74) is -1.48. The van der Waals surface area contributed by atoms with Gasteiger partial charge in [-0.1, -0.05) is 6.08 Å². The van der Waals surface area contributed by atoms with Gasteiger partial charge < -0.3 is 15.9 Å². The molecular formula is C21H29F4N5O. The molecule has 0 atom stereocenters. The van der Waals surface area contributed by atoms with E-state index in [9.17, 15) is 17.6 Å². The van der Waals surface area contributed by atoms with Crippen LogP contribution in [0.15, 0.2) is 29.0 Å². The number of likely N-dealkylation sites (N-methyl/N-ethyl adjacent to an activating group) is 1. The molecule has 0 radical (unpaired) electrons. The number of allylic oxidation sites excluding steroid dienone is 2. The Kier molecular flexibility index (Phi) is 7.88. The minimum absolute atomic E-state index is 0.131. The molecule has 3 rings (SSSR count). The fourth-order valence-corrected chi connectivity index (χ4v) is 4.31. The second-order valence-corrected chi connectivity index (χ2v) is 7.93. The number of pyridine rings is 1. The molecule has 31 heavy (non-hydrogen) atoms. The van der Waals surface area contributed by atoms with Crippen molar-refractivity contribution in [2.45, 2.75) is 44.3 Å². The summed E-state index contributed by atoms with van der Waals surface area (Å²) in [6.45, 7) is 3.53. The molecule has 1 saturated heterocycles. The van der Waals surface area contributed by atoms with Crippen LogP contribution in [-0.2, 0) is 10.9 Å². The van der Waals surface area contributed by atoms with Crippen molar-refractivity contribution in [3.63, 3.8) is 0 Å². The Labute approximate surface area is 179 Å². The average molecular weight is 443 g/mol. The van der Waals surface area contributed by atoms with Crippen LogP contribution in [0.5, 0.6) is 0 Å². The van der Waals surface area contributed by atoms with Crippen molar-refractivity contribution in [1.82, 2.24) is 15.2 Å². The summed E-state index contributed by atoms with van der Waals surface area (Å²) in [5, 5.41) is 6.43. The third-order valence-corrected chi connectivity index (χ3v) is 6.05. The number of alkyl halides is 3. The maximum Gasteiger partial charge on any atom is 0.433 e. The highest BCUT2D eigenvalue weighted by molar-refractivity contribution is 6.11. The van der Waals surface area contributed by atoms with Crippen LogP contribution in [0.25, 0.3) is 0 Å². The van der Waals surface area contributed by atoms with E-state index >= 15 is 0 Å². The zero-order valence-corrected chi connectivity index (χ0v) is 17.6. The maximum atomic E-state index is 14.3. The summed E-state index contributed by atoms with van der Waals surface area (Å²) in [6, 6.07) is 1.91. The topological polar surface area (TPSA) is 75.8 Å². The first-order valence-corrected chi connectivity index (χ1v) is 10.6. The largest absolute Gasteiger partial charge is 0.433 e. The molecule has 2 fully saturated rings. The first-order chi connectivity index (χ1) is 14.8. The molecule has 2 aliphatic rings. The normalized spacial score (nSPS) is 24.3. The first-order valence-electron chi connectivity index (χ1n) is 10.6. The van der Waals surface area contributed by atoms with E-state index in [4.69, 9.17) is 10.6 Å². The summed E-state index contributed by atoms with van der Waals surface area (Å²) in [6.07, 6.45) is 2.16. The van der Waals surface area contributed by atoms with E-state index in [1.54, 1.807) is 7.05 Å². The van der Waals surface area contributed by atoms with Gasteiger partial charge in [-0.3, -0.25) is 4.90 Å². The Bertz CT molecular complexity index is 797. The molecule has 1 aliphatic heterocycles. The lowest BCUT2D eigenvalue weighted by atomic mass is 9.83. The molecule has 1 aromatic heterocycles. The zero-order chi connectivity index (χ0) is 22.4. The van der Waals surface area contributed by atoms with Crippen LogP contribution in [0.2, 0.25) is 0 Å². The van der Waals surface area contributed by atoms with Gasteiger partial charge in [-0.05, 0) is 50.2 Å². The molecule has 6 nitrogen and oxygen atoms in total. The first kappa shape index (κ1) is 23.5. The predicted octanol–water partition coefficient (Wildman–Crippen LogP) is 3.29. The van der Waals surface area contributed by atoms with Crippen molar-refractivity contribution in [2.24, 2.45) is 16.9 Å². The smallest absolute Gasteiger partial charge is 0.387 e. The molecule has 1 saturated carbocycles. The van der Waals surface area contributed by atoms with Crippen molar-refractivity contribution in [3.05, 3.63) is 41.1 Å². The van der Waals surface area contributed by atoms with E-state index < -0.39 is 23.4 Å². The highest BCUT2D eigenvalue weighted by Crippen LogP contribution is 2.31. The van der Waals surface area contributed by atoms with Gasteiger partial charge in [0.05, 0.1) is 18.9 Å². The maximum absolute atomic E-state index is 14.3. The van der Waals surface area contributed by atoms with Gasteiger partial charge in [0.15, 0.2) is 5.82 Å². The van der Waals surface area contributed by atoms with Crippen molar-refractivity contribution in [1.29, 1.82) is 0 Å². The van der Waals surface area contributed by atoms with Crippen LogP contribution in [0.1, 0.15) is 43.5 Å². The standard InChI is InChI=1S/C21H29F4N5O/c1-27-17(20(29-26)19-16(22)7-9-18(28-19)21(23,24)25)8-4-14-2-5-15(6-3-14)30-10-12-31-13-11-30/h7-9,14-15,27H,2-6,10-13,26H2,1H3/b17-8+,29-20+/t14-,15-. The zero-order valence-electron chi connectivity index (χ0n) is 17.6. The number of aromatic nitrogens is 1. The number of halogens is 4. The Balaban J connectivity index is 1.67. The quantitative estimate of drug-likeness (QED) is 0.306. The van der Waals surface area contributed by atoms with Gasteiger partial charge >= 0.3 is 6.18 Å². The number of hydrogen-bond donors (Lipinski definition) is 2. The van der Waals surface area contributed by atoms with Crippen LogP contribution in [0.4, 0.5) is 17.6 Å². The van der Waals surface area contributed by atoms with E-state index in [-0.39, 0.29) is 5.71 Å². The van der Waals surface area contributed by atoms with Crippen molar-refractivity contribution >= 4 is 5.71 Å². The molecule has 1 aromatic rings. The van der Waals surface area contributed by atoms with Gasteiger partial charge in [-0.15, -0.1) is 0 Å². The number of nitrogens with two attached hydrogens (primary N) is 1. The number of rotatable bonds is 6. The highest BCUT2D eigenvalue weighted by Gasteiger charge is 2.34. The third kappa shape index (κ3) is 5.94. The molecule has 1 aliphatic carbocycles. The van der Waals surface area contributed by atoms with Gasteiger partial charge in [0.25, 0.3) is 0 Å². The van der Waals surface area contributed by atoms with Gasteiger partial charge in [-0.2, -0.15) is 18.3 Å². The van der Waals surface area contributed by atoms with E-state index in [1.807, 2.05) is 6.08 Å². The van der Waals surface area contributed by atoms with Gasteiger partial charge in [-0.25, -0.2) is 9.37 Å². The lowest BCUT2D eigenvalue weighted by Crippen LogP contribution is -2.45. The Hall–Kier alpha value is -2.20. The van der Waals surface area contributed by atoms with Gasteiger partial charge in [0.2, 0.25) is 0 Å². The second-order valence-electron chi connectivity index (χ2n) is 7.93. The van der Waals surface area contributed by atoms with Crippen LogP contribution in [0.3, 0.4) is 0 Å². The molecule has 0 amide bonds. The van der Waals surface area contributed by atoms with Crippen molar-refractivity contribution in [2.75, 3.05) is 33.4 Å². The molecule has 2 heterocycles. The molecule has 0 unspecified atom stereocenters. The number of nitrogens with one attached hydrogen (secondary N) is 1. The van der Waals surface area contributed by atoms with Crippen molar-refractivity contribution < 1.29 is 22.3 Å². The Morgan fingerprint density at radius 1 is 1.26 bits per heavy atom. The number of nitrogens with zero attached hydrogens (tertiary/aromatic N) is 3. The van der Waals surface area contributed by atoms with Crippen LogP contribution in [0, 0.1) is 11.7 Å². The molecule has 172 valence electrons. The van der Waals surface area contributed by atoms with Crippen LogP contribution in [-0.4, -0.2) is 55.0 Å². The molecule has 0 bridgehead atoms. The fraction of sp³-hybridized carbons (Fsp3) is 0.619. The third-order valence-electron chi connectivity index (χ3n) is 6.05. The van der Waals surface area contributed by atoms with Crippen LogP contribution < -0.4 is 11.2 Å². The summed E-state index contributed by atoms with van der Waals surface area (Å²) < 4.78 is 58.7. The van der Waals surface area contributed by atoms with E-state index in [0.29, 0.717) is 30.1 Å².